The molecule has 150 valence electrons. The lowest BCUT2D eigenvalue weighted by molar-refractivity contribution is 0.318. The molecular weight excluding hydrogens is 376 g/mol. The minimum absolute atomic E-state index is 0.749. The van der Waals surface area contributed by atoms with Crippen molar-refractivity contribution in [3.63, 3.8) is 0 Å². The topological polar surface area (TPSA) is 78.1 Å². The second kappa shape index (κ2) is 7.18. The van der Waals surface area contributed by atoms with E-state index >= 15 is 0 Å². The molecule has 0 bridgehead atoms. The van der Waals surface area contributed by atoms with Crippen LogP contribution in [0.1, 0.15) is 17.5 Å². The number of oxime groups is 1. The molecule has 30 heavy (non-hydrogen) atoms. The zero-order valence-electron chi connectivity index (χ0n) is 16.9. The molecule has 7 nitrogen and oxygen atoms in total. The third-order valence-electron chi connectivity index (χ3n) is 5.52. The highest BCUT2D eigenvalue weighted by atomic mass is 16.4. The summed E-state index contributed by atoms with van der Waals surface area (Å²) in [6.45, 7) is 0. The van der Waals surface area contributed by atoms with E-state index in [9.17, 15) is 5.21 Å². The van der Waals surface area contributed by atoms with E-state index < -0.39 is 0 Å². The highest BCUT2D eigenvalue weighted by Crippen LogP contribution is 2.33. The Morgan fingerprint density at radius 1 is 1.10 bits per heavy atom. The van der Waals surface area contributed by atoms with Crippen LogP contribution in [0.5, 0.6) is 0 Å². The molecule has 5 rings (SSSR count). The molecule has 0 saturated heterocycles. The number of aryl methyl sites for hydroxylation is 1. The van der Waals surface area contributed by atoms with Crippen LogP contribution in [0, 0.1) is 0 Å². The van der Waals surface area contributed by atoms with E-state index in [1.165, 1.54) is 5.56 Å². The number of nitrogens with one attached hydrogen (secondary N) is 1. The van der Waals surface area contributed by atoms with Crippen LogP contribution >= 0.6 is 0 Å². The summed E-state index contributed by atoms with van der Waals surface area (Å²) in [6.07, 6.45) is 7.06. The maximum Gasteiger partial charge on any atom is 0.157 e. The van der Waals surface area contributed by atoms with E-state index in [4.69, 9.17) is 4.98 Å². The summed E-state index contributed by atoms with van der Waals surface area (Å²) < 4.78 is 2.01. The molecule has 0 spiro atoms. The van der Waals surface area contributed by atoms with Gasteiger partial charge in [-0.15, -0.1) is 0 Å². The van der Waals surface area contributed by atoms with Crippen molar-refractivity contribution in [3.8, 4) is 11.3 Å². The number of imidazole rings is 1. The molecule has 0 aliphatic heterocycles. The monoisotopic (exact) mass is 398 g/mol. The molecule has 2 aromatic carbocycles. The normalized spacial score (nSPS) is 14.3. The fourth-order valence-corrected chi connectivity index (χ4v) is 3.93. The van der Waals surface area contributed by atoms with Crippen molar-refractivity contribution in [2.45, 2.75) is 12.8 Å². The summed E-state index contributed by atoms with van der Waals surface area (Å²) in [4.78, 5) is 11.1. The molecule has 2 N–H and O–H groups in total. The number of anilines is 3. The van der Waals surface area contributed by atoms with Gasteiger partial charge >= 0.3 is 0 Å². The van der Waals surface area contributed by atoms with Crippen molar-refractivity contribution >= 4 is 28.6 Å². The van der Waals surface area contributed by atoms with Crippen molar-refractivity contribution in [2.24, 2.45) is 5.16 Å². The van der Waals surface area contributed by atoms with Crippen LogP contribution in [0.4, 0.5) is 17.2 Å². The molecule has 2 heterocycles. The van der Waals surface area contributed by atoms with Gasteiger partial charge in [0.25, 0.3) is 0 Å². The first kappa shape index (κ1) is 18.2. The van der Waals surface area contributed by atoms with Crippen LogP contribution in [-0.4, -0.2) is 39.4 Å². The molecule has 0 saturated carbocycles. The molecule has 0 unspecified atom stereocenters. The lowest BCUT2D eigenvalue weighted by Gasteiger charge is -2.13. The summed E-state index contributed by atoms with van der Waals surface area (Å²) >= 11 is 0. The van der Waals surface area contributed by atoms with Gasteiger partial charge in [-0.25, -0.2) is 4.98 Å². The van der Waals surface area contributed by atoms with Gasteiger partial charge in [0.15, 0.2) is 5.65 Å². The van der Waals surface area contributed by atoms with Gasteiger partial charge in [-0.2, -0.15) is 0 Å². The Morgan fingerprint density at radius 3 is 2.70 bits per heavy atom. The Balaban J connectivity index is 1.58. The number of fused-ring (bicyclic) bond motifs is 2. The maximum atomic E-state index is 9.18. The lowest BCUT2D eigenvalue weighted by atomic mass is 10.1. The molecule has 4 aromatic rings. The van der Waals surface area contributed by atoms with Crippen LogP contribution in [-0.2, 0) is 6.42 Å². The van der Waals surface area contributed by atoms with Crippen molar-refractivity contribution in [3.05, 3.63) is 72.2 Å². The van der Waals surface area contributed by atoms with E-state index in [1.807, 2.05) is 36.8 Å². The van der Waals surface area contributed by atoms with Gasteiger partial charge in [-0.1, -0.05) is 23.4 Å². The predicted octanol–water partition coefficient (Wildman–Crippen LogP) is 4.33. The van der Waals surface area contributed by atoms with E-state index in [2.05, 4.69) is 50.7 Å². The number of nitrogens with zero attached hydrogens (tertiary/aromatic N) is 5. The Hall–Kier alpha value is -3.87. The fraction of sp³-hybridized carbons (Fsp3) is 0.174. The molecule has 1 aliphatic rings. The van der Waals surface area contributed by atoms with Crippen molar-refractivity contribution in [1.29, 1.82) is 0 Å². The molecule has 0 fully saturated rings. The third-order valence-corrected chi connectivity index (χ3v) is 5.52. The van der Waals surface area contributed by atoms with Crippen LogP contribution < -0.4 is 10.2 Å². The average Bonchev–Trinajstić information content (AvgIpc) is 3.35. The third kappa shape index (κ3) is 3.04. The Bertz CT molecular complexity index is 1260. The standard InChI is InChI=1S/C23H22N6O/c1-28(2)18-7-3-15(4-8-18)22-23(29-12-11-24-14-21(29)26-22)25-17-6-9-19-16(13-17)5-10-20(19)27-30/h3-4,6-9,11-14,25,30H,5,10H2,1-2H3/b27-20+. The summed E-state index contributed by atoms with van der Waals surface area (Å²) in [6, 6.07) is 14.5. The minimum atomic E-state index is 0.749. The summed E-state index contributed by atoms with van der Waals surface area (Å²) in [5.74, 6) is 0.888. The van der Waals surface area contributed by atoms with Gasteiger partial charge in [0.1, 0.15) is 11.5 Å². The number of hydrogen-bond donors (Lipinski definition) is 2. The van der Waals surface area contributed by atoms with Gasteiger partial charge < -0.3 is 15.4 Å². The fourth-order valence-electron chi connectivity index (χ4n) is 3.93. The number of rotatable bonds is 4. The van der Waals surface area contributed by atoms with Crippen molar-refractivity contribution in [1.82, 2.24) is 14.4 Å². The zero-order chi connectivity index (χ0) is 20.7. The predicted molar refractivity (Wildman–Crippen MR) is 119 cm³/mol. The summed E-state index contributed by atoms with van der Waals surface area (Å²) in [5, 5.41) is 16.1. The molecule has 1 aliphatic carbocycles. The highest BCUT2D eigenvalue weighted by Gasteiger charge is 2.20. The first-order valence-corrected chi connectivity index (χ1v) is 9.85. The second-order valence-electron chi connectivity index (χ2n) is 7.60. The van der Waals surface area contributed by atoms with E-state index in [0.29, 0.717) is 0 Å². The Morgan fingerprint density at radius 2 is 1.93 bits per heavy atom. The van der Waals surface area contributed by atoms with E-state index in [-0.39, 0.29) is 0 Å². The molecule has 0 amide bonds. The average molecular weight is 398 g/mol. The Kier molecular flexibility index (Phi) is 4.35. The van der Waals surface area contributed by atoms with Gasteiger partial charge in [-0.3, -0.25) is 9.38 Å². The van der Waals surface area contributed by atoms with Gasteiger partial charge in [-0.05, 0) is 42.7 Å². The van der Waals surface area contributed by atoms with Crippen LogP contribution in [0.2, 0.25) is 0 Å². The SMILES string of the molecule is CN(C)c1ccc(-c2nc3cnccn3c2Nc2ccc3c(c2)CC/C3=N\O)cc1. The van der Waals surface area contributed by atoms with Crippen molar-refractivity contribution in [2.75, 3.05) is 24.3 Å². The van der Waals surface area contributed by atoms with Crippen molar-refractivity contribution < 1.29 is 5.21 Å². The van der Waals surface area contributed by atoms with E-state index in [1.54, 1.807) is 12.4 Å². The van der Waals surface area contributed by atoms with Gasteiger partial charge in [0.2, 0.25) is 0 Å². The van der Waals surface area contributed by atoms with Gasteiger partial charge in [0.05, 0.1) is 11.9 Å². The molecule has 0 radical (unpaired) electrons. The largest absolute Gasteiger partial charge is 0.411 e. The second-order valence-corrected chi connectivity index (χ2v) is 7.60. The van der Waals surface area contributed by atoms with Crippen LogP contribution in [0.3, 0.4) is 0 Å². The first-order valence-electron chi connectivity index (χ1n) is 9.85. The van der Waals surface area contributed by atoms with Gasteiger partial charge in [0, 0.05) is 49.0 Å². The quantitative estimate of drug-likeness (QED) is 0.395. The molecular formula is C23H22N6O. The highest BCUT2D eigenvalue weighted by molar-refractivity contribution is 6.04. The first-order chi connectivity index (χ1) is 14.6. The smallest absolute Gasteiger partial charge is 0.157 e. The minimum Gasteiger partial charge on any atom is -0.411 e. The Labute approximate surface area is 174 Å². The van der Waals surface area contributed by atoms with E-state index in [0.717, 1.165) is 58.2 Å². The summed E-state index contributed by atoms with van der Waals surface area (Å²) in [7, 11) is 4.05. The number of aromatic nitrogens is 3. The van der Waals surface area contributed by atoms with Crippen LogP contribution in [0.25, 0.3) is 16.9 Å². The summed E-state index contributed by atoms with van der Waals surface area (Å²) in [5.41, 5.74) is 7.73. The lowest BCUT2D eigenvalue weighted by Crippen LogP contribution is -2.08. The zero-order valence-corrected chi connectivity index (χ0v) is 16.9. The number of benzene rings is 2. The number of hydrogen-bond acceptors (Lipinski definition) is 6. The van der Waals surface area contributed by atoms with Crippen LogP contribution in [0.15, 0.2) is 66.2 Å². The molecule has 7 heteroatoms. The molecule has 2 aromatic heterocycles. The molecule has 0 atom stereocenters. The maximum absolute atomic E-state index is 9.18.